The summed E-state index contributed by atoms with van der Waals surface area (Å²) >= 11 is 0. The Labute approximate surface area is 130 Å². The molecule has 0 spiro atoms. The molecule has 0 aliphatic rings. The lowest BCUT2D eigenvalue weighted by Crippen LogP contribution is -2.35. The van der Waals surface area contributed by atoms with E-state index in [2.05, 4.69) is 10.3 Å². The van der Waals surface area contributed by atoms with Crippen molar-refractivity contribution < 1.29 is 13.2 Å². The van der Waals surface area contributed by atoms with Crippen LogP contribution in [0.2, 0.25) is 0 Å². The predicted octanol–water partition coefficient (Wildman–Crippen LogP) is 1.25. The fourth-order valence-corrected chi connectivity index (χ4v) is 2.95. The molecular formula is C15H19N3O3S. The van der Waals surface area contributed by atoms with Crippen LogP contribution in [0, 0.1) is 0 Å². The van der Waals surface area contributed by atoms with Gasteiger partial charge in [0, 0.05) is 36.8 Å². The molecule has 0 aliphatic heterocycles. The van der Waals surface area contributed by atoms with Gasteiger partial charge < -0.3 is 9.88 Å². The zero-order chi connectivity index (χ0) is 16.2. The number of imidazole rings is 1. The van der Waals surface area contributed by atoms with Gasteiger partial charge in [-0.25, -0.2) is 13.4 Å². The zero-order valence-corrected chi connectivity index (χ0v) is 13.4. The van der Waals surface area contributed by atoms with Crippen molar-refractivity contribution in [3.8, 4) is 0 Å². The van der Waals surface area contributed by atoms with Crippen LogP contribution < -0.4 is 5.32 Å². The maximum absolute atomic E-state index is 12.2. The molecule has 22 heavy (non-hydrogen) atoms. The van der Waals surface area contributed by atoms with E-state index < -0.39 is 9.84 Å². The van der Waals surface area contributed by atoms with Gasteiger partial charge in [-0.3, -0.25) is 4.79 Å². The molecule has 1 aromatic heterocycles. The van der Waals surface area contributed by atoms with Crippen LogP contribution in [0.25, 0.3) is 0 Å². The predicted molar refractivity (Wildman–Crippen MR) is 84.1 cm³/mol. The van der Waals surface area contributed by atoms with Crippen LogP contribution in [0.15, 0.2) is 43.0 Å². The van der Waals surface area contributed by atoms with Gasteiger partial charge in [0.1, 0.15) is 0 Å². The van der Waals surface area contributed by atoms with Gasteiger partial charge in [-0.1, -0.05) is 12.1 Å². The quantitative estimate of drug-likeness (QED) is 0.868. The van der Waals surface area contributed by atoms with Gasteiger partial charge in [0.2, 0.25) is 0 Å². The molecule has 118 valence electrons. The minimum Gasteiger partial charge on any atom is -0.348 e. The van der Waals surface area contributed by atoms with E-state index in [0.717, 1.165) is 0 Å². The number of aromatic nitrogens is 2. The molecular weight excluding hydrogens is 302 g/mol. The summed E-state index contributed by atoms with van der Waals surface area (Å²) in [5.74, 6) is -0.290. The van der Waals surface area contributed by atoms with E-state index in [1.165, 1.54) is 6.26 Å². The maximum atomic E-state index is 12.2. The number of benzene rings is 1. The number of amides is 1. The lowest BCUT2D eigenvalue weighted by atomic mass is 10.1. The number of nitrogens with zero attached hydrogens (tertiary/aromatic N) is 2. The minimum atomic E-state index is -3.12. The van der Waals surface area contributed by atoms with Crippen LogP contribution in [0.5, 0.6) is 0 Å². The number of hydrogen-bond donors (Lipinski definition) is 1. The van der Waals surface area contributed by atoms with E-state index in [1.54, 1.807) is 36.8 Å². The number of nitrogens with one attached hydrogen (secondary N) is 1. The Bertz CT molecular complexity index is 739. The normalized spacial score (nSPS) is 12.8. The molecule has 2 aromatic rings. The lowest BCUT2D eigenvalue weighted by Gasteiger charge is -2.14. The fourth-order valence-electron chi connectivity index (χ4n) is 2.17. The Morgan fingerprint density at radius 1 is 1.41 bits per heavy atom. The largest absolute Gasteiger partial charge is 0.348 e. The number of sulfone groups is 1. The number of carbonyl (C=O) groups excluding carboxylic acids is 1. The fraction of sp³-hybridized carbons (Fsp3) is 0.333. The van der Waals surface area contributed by atoms with Gasteiger partial charge in [-0.15, -0.1) is 0 Å². The molecule has 0 aliphatic carbocycles. The van der Waals surface area contributed by atoms with Crippen LogP contribution in [0.4, 0.5) is 0 Å². The topological polar surface area (TPSA) is 81.1 Å². The number of rotatable bonds is 6. The molecule has 7 heteroatoms. The summed E-state index contributed by atoms with van der Waals surface area (Å²) < 4.78 is 24.5. The van der Waals surface area contributed by atoms with Crippen molar-refractivity contribution in [2.45, 2.75) is 25.3 Å². The van der Waals surface area contributed by atoms with Gasteiger partial charge in [0.15, 0.2) is 9.84 Å². The first-order valence-electron chi connectivity index (χ1n) is 6.87. The van der Waals surface area contributed by atoms with Crippen molar-refractivity contribution in [1.29, 1.82) is 0 Å². The Morgan fingerprint density at radius 3 is 2.82 bits per heavy atom. The molecule has 1 aromatic carbocycles. The second-order valence-corrected chi connectivity index (χ2v) is 7.54. The van der Waals surface area contributed by atoms with Crippen LogP contribution in [0.1, 0.15) is 22.8 Å². The number of hydrogen-bond acceptors (Lipinski definition) is 4. The standard InChI is InChI=1S/C15H19N3O3S/c1-12(9-18-7-6-16-11-18)17-15(19)14-5-3-4-13(8-14)10-22(2,20)21/h3-8,11-12H,9-10H2,1-2H3,(H,17,19). The highest BCUT2D eigenvalue weighted by Crippen LogP contribution is 2.09. The molecule has 1 atom stereocenters. The van der Waals surface area contributed by atoms with Gasteiger partial charge in [0.25, 0.3) is 5.91 Å². The molecule has 1 N–H and O–H groups in total. The van der Waals surface area contributed by atoms with Crippen LogP contribution in [0.3, 0.4) is 0 Å². The molecule has 0 saturated carbocycles. The molecule has 0 saturated heterocycles. The third-order valence-corrected chi connectivity index (χ3v) is 3.90. The lowest BCUT2D eigenvalue weighted by molar-refractivity contribution is 0.0936. The van der Waals surface area contributed by atoms with Crippen molar-refractivity contribution in [1.82, 2.24) is 14.9 Å². The van der Waals surface area contributed by atoms with E-state index in [-0.39, 0.29) is 17.7 Å². The molecule has 1 amide bonds. The average Bonchev–Trinajstić information content (AvgIpc) is 2.89. The second-order valence-electron chi connectivity index (χ2n) is 5.40. The Morgan fingerprint density at radius 2 is 2.18 bits per heavy atom. The molecule has 0 radical (unpaired) electrons. The highest BCUT2D eigenvalue weighted by molar-refractivity contribution is 7.89. The minimum absolute atomic E-state index is 0.0692. The summed E-state index contributed by atoms with van der Waals surface area (Å²) in [6.45, 7) is 2.52. The van der Waals surface area contributed by atoms with Crippen molar-refractivity contribution >= 4 is 15.7 Å². The summed E-state index contributed by atoms with van der Waals surface area (Å²) in [6, 6.07) is 6.61. The van der Waals surface area contributed by atoms with Gasteiger partial charge >= 0.3 is 0 Å². The first kappa shape index (κ1) is 16.2. The highest BCUT2D eigenvalue weighted by Gasteiger charge is 2.12. The second kappa shape index (κ2) is 6.74. The molecule has 0 bridgehead atoms. The van der Waals surface area contributed by atoms with E-state index in [4.69, 9.17) is 0 Å². The summed E-state index contributed by atoms with van der Waals surface area (Å²) in [4.78, 5) is 16.2. The summed E-state index contributed by atoms with van der Waals surface area (Å²) in [5.41, 5.74) is 1.07. The molecule has 6 nitrogen and oxygen atoms in total. The monoisotopic (exact) mass is 321 g/mol. The summed E-state index contributed by atoms with van der Waals surface area (Å²) in [7, 11) is -3.12. The summed E-state index contributed by atoms with van der Waals surface area (Å²) in [6.07, 6.45) is 6.38. The van der Waals surface area contributed by atoms with Crippen LogP contribution in [-0.2, 0) is 22.1 Å². The van der Waals surface area contributed by atoms with E-state index in [1.807, 2.05) is 17.7 Å². The Kier molecular flexibility index (Phi) is 4.97. The maximum Gasteiger partial charge on any atom is 0.251 e. The molecule has 1 heterocycles. The van der Waals surface area contributed by atoms with Crippen LogP contribution in [-0.4, -0.2) is 36.2 Å². The Balaban J connectivity index is 2.01. The van der Waals surface area contributed by atoms with Crippen molar-refractivity contribution in [3.63, 3.8) is 0 Å². The van der Waals surface area contributed by atoms with E-state index in [0.29, 0.717) is 17.7 Å². The van der Waals surface area contributed by atoms with Gasteiger partial charge in [-0.05, 0) is 24.6 Å². The third kappa shape index (κ3) is 5.00. The highest BCUT2D eigenvalue weighted by atomic mass is 32.2. The van der Waals surface area contributed by atoms with E-state index >= 15 is 0 Å². The zero-order valence-electron chi connectivity index (χ0n) is 12.6. The average molecular weight is 321 g/mol. The molecule has 2 rings (SSSR count). The van der Waals surface area contributed by atoms with Gasteiger partial charge in [0.05, 0.1) is 12.1 Å². The number of carbonyl (C=O) groups is 1. The third-order valence-electron chi connectivity index (χ3n) is 3.04. The SMILES string of the molecule is CC(Cn1ccnc1)NC(=O)c1cccc(CS(C)(=O)=O)c1. The summed E-state index contributed by atoms with van der Waals surface area (Å²) in [5, 5.41) is 2.89. The van der Waals surface area contributed by atoms with E-state index in [9.17, 15) is 13.2 Å². The molecule has 1 unspecified atom stereocenters. The Hall–Kier alpha value is -2.15. The van der Waals surface area contributed by atoms with Gasteiger partial charge in [-0.2, -0.15) is 0 Å². The van der Waals surface area contributed by atoms with Crippen molar-refractivity contribution in [3.05, 3.63) is 54.1 Å². The smallest absolute Gasteiger partial charge is 0.251 e. The van der Waals surface area contributed by atoms with Crippen LogP contribution >= 0.6 is 0 Å². The van der Waals surface area contributed by atoms with Crippen molar-refractivity contribution in [2.75, 3.05) is 6.26 Å². The first-order chi connectivity index (χ1) is 10.3. The van der Waals surface area contributed by atoms with Crippen molar-refractivity contribution in [2.24, 2.45) is 0 Å². The first-order valence-corrected chi connectivity index (χ1v) is 8.93. The molecule has 0 fully saturated rings.